The van der Waals surface area contributed by atoms with Crippen molar-refractivity contribution in [3.05, 3.63) is 0 Å². The largest absolute Gasteiger partial charge is 0.378 e. The summed E-state index contributed by atoms with van der Waals surface area (Å²) >= 11 is 0. The minimum Gasteiger partial charge on any atom is -0.378 e. The molecule has 1 saturated heterocycles. The minimum absolute atomic E-state index is 0.542. The maximum Gasteiger partial charge on any atom is 0.0604 e. The van der Waals surface area contributed by atoms with Gasteiger partial charge < -0.3 is 10.1 Å². The van der Waals surface area contributed by atoms with Crippen LogP contribution in [0.15, 0.2) is 0 Å². The van der Waals surface area contributed by atoms with E-state index in [9.17, 15) is 0 Å². The van der Waals surface area contributed by atoms with E-state index in [-0.39, 0.29) is 0 Å². The smallest absolute Gasteiger partial charge is 0.0604 e. The van der Waals surface area contributed by atoms with Gasteiger partial charge in [-0.15, -0.1) is 0 Å². The lowest BCUT2D eigenvalue weighted by Gasteiger charge is -2.47. The third-order valence-corrected chi connectivity index (χ3v) is 3.57. The normalized spacial score (nSPS) is 42.6. The average Bonchev–Trinajstić information content (AvgIpc) is 2.08. The van der Waals surface area contributed by atoms with Gasteiger partial charge in [0.2, 0.25) is 0 Å². The molecule has 2 unspecified atom stereocenters. The monoisotopic (exact) mass is 212 g/mol. The number of rotatable bonds is 3. The molecule has 3 nitrogen and oxygen atoms in total. The van der Waals surface area contributed by atoms with Crippen molar-refractivity contribution in [2.24, 2.45) is 0 Å². The van der Waals surface area contributed by atoms with Crippen LogP contribution < -0.4 is 5.32 Å². The van der Waals surface area contributed by atoms with Crippen LogP contribution in [0.4, 0.5) is 0 Å². The predicted molar refractivity (Wildman–Crippen MR) is 62.1 cm³/mol. The molecule has 2 fully saturated rings. The second kappa shape index (κ2) is 4.81. The molecule has 1 N–H and O–H groups in total. The van der Waals surface area contributed by atoms with Crippen LogP contribution in [0, 0.1) is 0 Å². The van der Waals surface area contributed by atoms with Gasteiger partial charge in [0, 0.05) is 37.8 Å². The van der Waals surface area contributed by atoms with Crippen LogP contribution in [-0.4, -0.2) is 48.8 Å². The molecule has 2 aliphatic rings. The minimum atomic E-state index is 0.542. The molecule has 0 aromatic rings. The van der Waals surface area contributed by atoms with Crippen LogP contribution in [0.25, 0.3) is 0 Å². The highest BCUT2D eigenvalue weighted by Crippen LogP contribution is 2.29. The third kappa shape index (κ3) is 2.71. The molecule has 0 spiro atoms. The molecule has 1 heterocycles. The molecule has 0 amide bonds. The summed E-state index contributed by atoms with van der Waals surface area (Å²) in [6.45, 7) is 9.92. The fourth-order valence-corrected chi connectivity index (χ4v) is 2.88. The fourth-order valence-electron chi connectivity index (χ4n) is 2.88. The standard InChI is InChI=1S/C12H24N2O/c1-4-15-12-5-11(6-12)14-7-9(2)13-10(3)8-14/h9-13H,4-8H2,1-3H3. The van der Waals surface area contributed by atoms with Crippen LogP contribution in [0.3, 0.4) is 0 Å². The van der Waals surface area contributed by atoms with E-state index in [1.54, 1.807) is 0 Å². The Hall–Kier alpha value is -0.120. The number of hydrogen-bond donors (Lipinski definition) is 1. The molecule has 0 radical (unpaired) electrons. The van der Waals surface area contributed by atoms with E-state index in [0.29, 0.717) is 18.2 Å². The van der Waals surface area contributed by atoms with E-state index in [2.05, 4.69) is 31.0 Å². The lowest BCUT2D eigenvalue weighted by molar-refractivity contribution is -0.0551. The molecule has 2 atom stereocenters. The van der Waals surface area contributed by atoms with Crippen LogP contribution >= 0.6 is 0 Å². The van der Waals surface area contributed by atoms with E-state index < -0.39 is 0 Å². The molecule has 1 aliphatic carbocycles. The first-order chi connectivity index (χ1) is 7.19. The van der Waals surface area contributed by atoms with Crippen molar-refractivity contribution in [3.8, 4) is 0 Å². The van der Waals surface area contributed by atoms with Gasteiger partial charge in [0.15, 0.2) is 0 Å². The lowest BCUT2D eigenvalue weighted by atomic mass is 9.86. The summed E-state index contributed by atoms with van der Waals surface area (Å²) in [4.78, 5) is 2.64. The molecular weight excluding hydrogens is 188 g/mol. The summed E-state index contributed by atoms with van der Waals surface area (Å²) in [5.74, 6) is 0. The highest BCUT2D eigenvalue weighted by Gasteiger charge is 2.36. The molecule has 0 bridgehead atoms. The Bertz CT molecular complexity index is 194. The molecule has 0 aromatic heterocycles. The summed E-state index contributed by atoms with van der Waals surface area (Å²) in [5.41, 5.74) is 0. The first kappa shape index (κ1) is 11.4. The van der Waals surface area contributed by atoms with E-state index in [4.69, 9.17) is 4.74 Å². The maximum absolute atomic E-state index is 5.61. The lowest BCUT2D eigenvalue weighted by Crippen LogP contribution is -2.60. The summed E-state index contributed by atoms with van der Waals surface area (Å²) in [6, 6.07) is 2.06. The summed E-state index contributed by atoms with van der Waals surface area (Å²) < 4.78 is 5.61. The summed E-state index contributed by atoms with van der Waals surface area (Å²) in [7, 11) is 0. The van der Waals surface area contributed by atoms with Crippen LogP contribution in [0.2, 0.25) is 0 Å². The summed E-state index contributed by atoms with van der Waals surface area (Å²) in [5, 5.41) is 3.58. The van der Waals surface area contributed by atoms with E-state index in [1.165, 1.54) is 25.9 Å². The quantitative estimate of drug-likeness (QED) is 0.761. The van der Waals surface area contributed by atoms with Crippen molar-refractivity contribution >= 4 is 0 Å². The Morgan fingerprint density at radius 1 is 1.20 bits per heavy atom. The van der Waals surface area contributed by atoms with Crippen LogP contribution in [-0.2, 0) is 4.74 Å². The number of nitrogens with zero attached hydrogens (tertiary/aromatic N) is 1. The van der Waals surface area contributed by atoms with Crippen LogP contribution in [0.1, 0.15) is 33.6 Å². The van der Waals surface area contributed by atoms with Crippen molar-refractivity contribution in [2.75, 3.05) is 19.7 Å². The van der Waals surface area contributed by atoms with Crippen molar-refractivity contribution in [1.82, 2.24) is 10.2 Å². The van der Waals surface area contributed by atoms with Gasteiger partial charge in [-0.25, -0.2) is 0 Å². The maximum atomic E-state index is 5.61. The molecular formula is C12H24N2O. The molecule has 1 saturated carbocycles. The molecule has 15 heavy (non-hydrogen) atoms. The van der Waals surface area contributed by atoms with Gasteiger partial charge in [0.1, 0.15) is 0 Å². The van der Waals surface area contributed by atoms with Gasteiger partial charge in [0.05, 0.1) is 6.10 Å². The third-order valence-electron chi connectivity index (χ3n) is 3.57. The first-order valence-corrected chi connectivity index (χ1v) is 6.30. The SMILES string of the molecule is CCOC1CC(N2CC(C)NC(C)C2)C1. The Balaban J connectivity index is 1.75. The number of piperazine rings is 1. The predicted octanol–water partition coefficient (Wildman–Crippen LogP) is 1.24. The zero-order valence-corrected chi connectivity index (χ0v) is 10.2. The van der Waals surface area contributed by atoms with Gasteiger partial charge in [0.25, 0.3) is 0 Å². The van der Waals surface area contributed by atoms with Crippen molar-refractivity contribution in [3.63, 3.8) is 0 Å². The molecule has 3 heteroatoms. The average molecular weight is 212 g/mol. The Morgan fingerprint density at radius 3 is 2.33 bits per heavy atom. The van der Waals surface area contributed by atoms with Gasteiger partial charge in [-0.1, -0.05) is 0 Å². The highest BCUT2D eigenvalue weighted by atomic mass is 16.5. The van der Waals surface area contributed by atoms with Gasteiger partial charge in [-0.05, 0) is 33.6 Å². The molecule has 2 rings (SSSR count). The fraction of sp³-hybridized carbons (Fsp3) is 1.00. The zero-order chi connectivity index (χ0) is 10.8. The van der Waals surface area contributed by atoms with Gasteiger partial charge in [-0.2, -0.15) is 0 Å². The Kier molecular flexibility index (Phi) is 3.65. The van der Waals surface area contributed by atoms with E-state index >= 15 is 0 Å². The topological polar surface area (TPSA) is 24.5 Å². The van der Waals surface area contributed by atoms with Crippen molar-refractivity contribution in [2.45, 2.75) is 57.8 Å². The number of ether oxygens (including phenoxy) is 1. The molecule has 1 aliphatic heterocycles. The highest BCUT2D eigenvalue weighted by molar-refractivity contribution is 4.93. The van der Waals surface area contributed by atoms with E-state index in [1.807, 2.05) is 0 Å². The van der Waals surface area contributed by atoms with Crippen LogP contribution in [0.5, 0.6) is 0 Å². The molecule has 0 aromatic carbocycles. The second-order valence-electron chi connectivity index (χ2n) is 5.13. The van der Waals surface area contributed by atoms with Crippen molar-refractivity contribution in [1.29, 1.82) is 0 Å². The number of hydrogen-bond acceptors (Lipinski definition) is 3. The summed E-state index contributed by atoms with van der Waals surface area (Å²) in [6.07, 6.45) is 3.03. The van der Waals surface area contributed by atoms with E-state index in [0.717, 1.165) is 12.6 Å². The van der Waals surface area contributed by atoms with Gasteiger partial charge in [-0.3, -0.25) is 4.90 Å². The zero-order valence-electron chi connectivity index (χ0n) is 10.2. The van der Waals surface area contributed by atoms with Crippen molar-refractivity contribution < 1.29 is 4.74 Å². The Labute approximate surface area is 93.2 Å². The Morgan fingerprint density at radius 2 is 1.80 bits per heavy atom. The second-order valence-corrected chi connectivity index (χ2v) is 5.13. The number of nitrogens with one attached hydrogen (secondary N) is 1. The first-order valence-electron chi connectivity index (χ1n) is 6.30. The van der Waals surface area contributed by atoms with Gasteiger partial charge >= 0.3 is 0 Å². The molecule has 88 valence electrons.